The highest BCUT2D eigenvalue weighted by molar-refractivity contribution is 8.03. The summed E-state index contributed by atoms with van der Waals surface area (Å²) in [7, 11) is 0. The Morgan fingerprint density at radius 1 is 1.22 bits per heavy atom. The van der Waals surface area contributed by atoms with E-state index in [-0.39, 0.29) is 16.4 Å². The van der Waals surface area contributed by atoms with Gasteiger partial charge in [-0.15, -0.1) is 0 Å². The van der Waals surface area contributed by atoms with Gasteiger partial charge in [0.2, 0.25) is 11.8 Å². The Morgan fingerprint density at radius 2 is 1.89 bits per heavy atom. The Morgan fingerprint density at radius 3 is 2.48 bits per heavy atom. The Balaban J connectivity index is 1.99. The number of allylic oxidation sites excluding steroid dienone is 1. The lowest BCUT2D eigenvalue weighted by molar-refractivity contribution is -0.125. The van der Waals surface area contributed by atoms with Crippen LogP contribution in [0.3, 0.4) is 0 Å². The molecule has 1 aliphatic rings. The molecule has 0 saturated heterocycles. The van der Waals surface area contributed by atoms with Gasteiger partial charge in [0.1, 0.15) is 5.92 Å². The van der Waals surface area contributed by atoms with Gasteiger partial charge < -0.3 is 5.32 Å². The average Bonchev–Trinajstić information content (AvgIpc) is 2.64. The van der Waals surface area contributed by atoms with Gasteiger partial charge in [-0.25, -0.2) is 0 Å². The largest absolute Gasteiger partial charge is 0.319 e. The van der Waals surface area contributed by atoms with Crippen LogP contribution < -0.4 is 16.2 Å². The van der Waals surface area contributed by atoms with Gasteiger partial charge in [-0.2, -0.15) is 10.5 Å². The van der Waals surface area contributed by atoms with Crippen molar-refractivity contribution in [3.05, 3.63) is 46.5 Å². The summed E-state index contributed by atoms with van der Waals surface area (Å²) >= 11 is 0.957. The second-order valence-corrected chi connectivity index (χ2v) is 7.23. The zero-order valence-electron chi connectivity index (χ0n) is 14.7. The zero-order valence-corrected chi connectivity index (χ0v) is 15.5. The average molecular weight is 383 g/mol. The molecule has 0 saturated carbocycles. The molecule has 1 aromatic carbocycles. The van der Waals surface area contributed by atoms with E-state index in [2.05, 4.69) is 16.2 Å². The lowest BCUT2D eigenvalue weighted by Crippen LogP contribution is -2.45. The normalized spacial score (nSPS) is 17.9. The number of nitrogens with one attached hydrogen (secondary N) is 3. The predicted molar refractivity (Wildman–Crippen MR) is 98.2 cm³/mol. The molecule has 138 valence electrons. The molecule has 2 rings (SSSR count). The summed E-state index contributed by atoms with van der Waals surface area (Å²) in [4.78, 5) is 35.9. The van der Waals surface area contributed by atoms with Crippen LogP contribution in [0.25, 0.3) is 0 Å². The molecule has 0 spiro atoms. The molecule has 1 heterocycles. The molecule has 1 aromatic rings. The molecule has 0 aliphatic carbocycles. The van der Waals surface area contributed by atoms with Crippen molar-refractivity contribution in [2.45, 2.75) is 13.8 Å². The molecule has 0 radical (unpaired) electrons. The first-order valence-electron chi connectivity index (χ1n) is 7.93. The molecule has 8 nitrogen and oxygen atoms in total. The molecule has 0 fully saturated rings. The van der Waals surface area contributed by atoms with Crippen LogP contribution in [0.4, 0.5) is 0 Å². The highest BCUT2D eigenvalue weighted by Gasteiger charge is 2.44. The minimum Gasteiger partial charge on any atom is -0.319 e. The number of amides is 3. The summed E-state index contributed by atoms with van der Waals surface area (Å²) in [6, 6.07) is 12.3. The Kier molecular flexibility index (Phi) is 6.22. The van der Waals surface area contributed by atoms with Crippen molar-refractivity contribution in [3.63, 3.8) is 0 Å². The van der Waals surface area contributed by atoms with Crippen molar-refractivity contribution < 1.29 is 14.4 Å². The summed E-state index contributed by atoms with van der Waals surface area (Å²) < 4.78 is 0. The summed E-state index contributed by atoms with van der Waals surface area (Å²) in [6.07, 6.45) is 0. The SMILES string of the molecule is CC1(C)C(C#N)=C(SCC(=O)NNC(=O)c2ccccc2)NC(=O)[C@@H]1C#N. The maximum Gasteiger partial charge on any atom is 0.269 e. The number of thioether (sulfide) groups is 1. The third-order valence-corrected chi connectivity index (χ3v) is 5.03. The Hall–Kier alpha value is -3.30. The van der Waals surface area contributed by atoms with Crippen LogP contribution in [0.2, 0.25) is 0 Å². The second-order valence-electron chi connectivity index (χ2n) is 6.25. The Bertz CT molecular complexity index is 880. The van der Waals surface area contributed by atoms with Gasteiger partial charge in [-0.1, -0.05) is 43.8 Å². The van der Waals surface area contributed by atoms with E-state index in [1.807, 2.05) is 12.1 Å². The first kappa shape index (κ1) is 20.0. The van der Waals surface area contributed by atoms with Crippen molar-refractivity contribution in [1.82, 2.24) is 16.2 Å². The predicted octanol–water partition coefficient (Wildman–Crippen LogP) is 1.21. The number of hydrogen-bond acceptors (Lipinski definition) is 6. The van der Waals surface area contributed by atoms with Gasteiger partial charge in [0.15, 0.2) is 0 Å². The van der Waals surface area contributed by atoms with E-state index in [1.165, 1.54) is 0 Å². The van der Waals surface area contributed by atoms with Crippen LogP contribution in [-0.4, -0.2) is 23.5 Å². The lowest BCUT2D eigenvalue weighted by Gasteiger charge is -2.34. The number of hydrogen-bond donors (Lipinski definition) is 3. The number of hydrazine groups is 1. The summed E-state index contributed by atoms with van der Waals surface area (Å²) in [5.74, 6) is -2.61. The van der Waals surface area contributed by atoms with Crippen LogP contribution in [-0.2, 0) is 9.59 Å². The highest BCUT2D eigenvalue weighted by Crippen LogP contribution is 2.41. The van der Waals surface area contributed by atoms with E-state index in [0.717, 1.165) is 11.8 Å². The fourth-order valence-electron chi connectivity index (χ4n) is 2.50. The van der Waals surface area contributed by atoms with E-state index < -0.39 is 29.1 Å². The fourth-order valence-corrected chi connectivity index (χ4v) is 3.47. The molecule has 27 heavy (non-hydrogen) atoms. The van der Waals surface area contributed by atoms with E-state index in [1.54, 1.807) is 44.2 Å². The lowest BCUT2D eigenvalue weighted by atomic mass is 9.72. The van der Waals surface area contributed by atoms with Crippen LogP contribution in [0.15, 0.2) is 40.9 Å². The summed E-state index contributed by atoms with van der Waals surface area (Å²) in [5.41, 5.74) is 4.23. The van der Waals surface area contributed by atoms with Gasteiger partial charge in [0.25, 0.3) is 5.91 Å². The maximum absolute atomic E-state index is 12.1. The van der Waals surface area contributed by atoms with Crippen LogP contribution in [0.5, 0.6) is 0 Å². The minimum absolute atomic E-state index is 0.136. The number of carbonyl (C=O) groups is 3. The van der Waals surface area contributed by atoms with E-state index in [9.17, 15) is 24.9 Å². The van der Waals surface area contributed by atoms with E-state index >= 15 is 0 Å². The van der Waals surface area contributed by atoms with Gasteiger partial charge >= 0.3 is 0 Å². The molecule has 1 aliphatic heterocycles. The van der Waals surface area contributed by atoms with E-state index in [4.69, 9.17) is 0 Å². The van der Waals surface area contributed by atoms with Crippen LogP contribution in [0, 0.1) is 34.0 Å². The molecule has 1 atom stereocenters. The second kappa shape index (κ2) is 8.39. The standard InChI is InChI=1S/C18H17N5O3S/c1-18(2)12(8-19)16(26)21-17(13(18)9-20)27-10-14(24)22-23-15(25)11-6-4-3-5-7-11/h3-7,12H,10H2,1-2H3,(H,21,26)(H,22,24)(H,23,25)/t12-/m0/s1. The molecule has 9 heteroatoms. The number of rotatable bonds is 4. The third-order valence-electron chi connectivity index (χ3n) is 4.03. The van der Waals surface area contributed by atoms with Gasteiger partial charge in [-0.05, 0) is 12.1 Å². The molecule has 3 N–H and O–H groups in total. The quantitative estimate of drug-likeness (QED) is 0.669. The van der Waals surface area contributed by atoms with Crippen molar-refractivity contribution in [2.75, 3.05) is 5.75 Å². The molecular weight excluding hydrogens is 366 g/mol. The third kappa shape index (κ3) is 4.46. The van der Waals surface area contributed by atoms with E-state index in [0.29, 0.717) is 5.56 Å². The van der Waals surface area contributed by atoms with Gasteiger partial charge in [0.05, 0.1) is 28.5 Å². The summed E-state index contributed by atoms with van der Waals surface area (Å²) in [5, 5.41) is 21.4. The maximum atomic E-state index is 12.1. The topological polar surface area (TPSA) is 135 Å². The first-order valence-corrected chi connectivity index (χ1v) is 8.92. The smallest absolute Gasteiger partial charge is 0.269 e. The van der Waals surface area contributed by atoms with Gasteiger partial charge in [-0.3, -0.25) is 25.2 Å². The zero-order chi connectivity index (χ0) is 20.0. The highest BCUT2D eigenvalue weighted by atomic mass is 32.2. The number of nitrogens with zero attached hydrogens (tertiary/aromatic N) is 2. The number of carbonyl (C=O) groups excluding carboxylic acids is 3. The molecule has 0 bridgehead atoms. The number of benzene rings is 1. The van der Waals surface area contributed by atoms with Crippen LogP contribution >= 0.6 is 11.8 Å². The van der Waals surface area contributed by atoms with Crippen molar-refractivity contribution in [3.8, 4) is 12.1 Å². The molecule has 3 amide bonds. The van der Waals surface area contributed by atoms with Crippen molar-refractivity contribution in [2.24, 2.45) is 11.3 Å². The molecular formula is C18H17N5O3S. The minimum atomic E-state index is -0.990. The number of nitriles is 2. The molecule has 0 aromatic heterocycles. The Labute approximate surface area is 160 Å². The van der Waals surface area contributed by atoms with Gasteiger partial charge in [0, 0.05) is 11.0 Å². The van der Waals surface area contributed by atoms with Crippen molar-refractivity contribution >= 4 is 29.5 Å². The van der Waals surface area contributed by atoms with Crippen LogP contribution in [0.1, 0.15) is 24.2 Å². The molecule has 0 unspecified atom stereocenters. The fraction of sp³-hybridized carbons (Fsp3) is 0.278. The first-order chi connectivity index (χ1) is 12.8. The monoisotopic (exact) mass is 383 g/mol. The van der Waals surface area contributed by atoms with Crippen molar-refractivity contribution in [1.29, 1.82) is 10.5 Å². The summed E-state index contributed by atoms with van der Waals surface area (Å²) in [6.45, 7) is 3.28.